The number of carboxylic acids is 1. The molecule has 0 saturated heterocycles. The van der Waals surface area contributed by atoms with Crippen molar-refractivity contribution in [2.75, 3.05) is 13.6 Å². The predicted octanol–water partition coefficient (Wildman–Crippen LogP) is -0.982. The zero-order valence-corrected chi connectivity index (χ0v) is 9.16. The van der Waals surface area contributed by atoms with E-state index in [9.17, 15) is 14.4 Å². The van der Waals surface area contributed by atoms with E-state index in [1.165, 1.54) is 11.6 Å². The Bertz CT molecular complexity index is 502. The number of carboxylic acid groups (broad SMARTS) is 1. The van der Waals surface area contributed by atoms with Crippen molar-refractivity contribution < 1.29 is 24.1 Å². The van der Waals surface area contributed by atoms with Crippen molar-refractivity contribution in [3.8, 4) is 0 Å². The molecule has 0 spiro atoms. The first-order valence-electron chi connectivity index (χ1n) is 5.04. The van der Waals surface area contributed by atoms with Crippen molar-refractivity contribution in [3.63, 3.8) is 0 Å². The number of hydrogen-bond donors (Lipinski definition) is 1. The van der Waals surface area contributed by atoms with E-state index >= 15 is 0 Å². The molecule has 6 nitrogen and oxygen atoms in total. The van der Waals surface area contributed by atoms with Crippen molar-refractivity contribution in [3.05, 3.63) is 24.3 Å². The molecular formula is C11H11N2O4+. The van der Waals surface area contributed by atoms with Crippen molar-refractivity contribution in [2.24, 2.45) is 0 Å². The number of amides is 2. The first kappa shape index (κ1) is 11.3. The van der Waals surface area contributed by atoms with Gasteiger partial charge >= 0.3 is 17.8 Å². The Morgan fingerprint density at radius 3 is 2.82 bits per heavy atom. The summed E-state index contributed by atoms with van der Waals surface area (Å²) in [4.78, 5) is 35.1. The fraction of sp³-hybridized carbons (Fsp3) is 0.273. The van der Waals surface area contributed by atoms with Gasteiger partial charge in [-0.2, -0.15) is 4.58 Å². The Morgan fingerprint density at radius 2 is 2.18 bits per heavy atom. The van der Waals surface area contributed by atoms with E-state index < -0.39 is 30.4 Å². The minimum atomic E-state index is -1.14. The summed E-state index contributed by atoms with van der Waals surface area (Å²) in [5.41, 5.74) is 0.610. The van der Waals surface area contributed by atoms with Crippen molar-refractivity contribution in [1.29, 1.82) is 0 Å². The number of allylic oxidation sites excluding steroid dienone is 2. The van der Waals surface area contributed by atoms with Crippen LogP contribution in [-0.2, 0) is 14.4 Å². The molecule has 88 valence electrons. The summed E-state index contributed by atoms with van der Waals surface area (Å²) in [6.45, 7) is -0.481. The molecule has 6 heteroatoms. The highest BCUT2D eigenvalue weighted by Crippen LogP contribution is 2.14. The van der Waals surface area contributed by atoms with E-state index in [-0.39, 0.29) is 0 Å². The van der Waals surface area contributed by atoms with Gasteiger partial charge in [-0.3, -0.25) is 9.59 Å². The quantitative estimate of drug-likeness (QED) is 0.493. The monoisotopic (exact) mass is 235 g/mol. The Kier molecular flexibility index (Phi) is 2.63. The van der Waals surface area contributed by atoms with E-state index in [1.807, 2.05) is 0 Å². The highest BCUT2D eigenvalue weighted by molar-refractivity contribution is 6.35. The van der Waals surface area contributed by atoms with Crippen LogP contribution >= 0.6 is 0 Å². The molecular weight excluding hydrogens is 224 g/mol. The number of aliphatic carboxylic acids is 1. The zero-order chi connectivity index (χ0) is 12.6. The second-order valence-electron chi connectivity index (χ2n) is 3.80. The highest BCUT2D eigenvalue weighted by Gasteiger charge is 2.45. The maximum absolute atomic E-state index is 11.7. The number of nitrogens with zero attached hydrogens (tertiary/aromatic N) is 2. The predicted molar refractivity (Wildman–Crippen MR) is 57.6 cm³/mol. The summed E-state index contributed by atoms with van der Waals surface area (Å²) < 4.78 is 1.26. The largest absolute Gasteiger partial charge is 0.480 e. The second-order valence-corrected chi connectivity index (χ2v) is 3.80. The summed E-state index contributed by atoms with van der Waals surface area (Å²) in [5, 5.41) is 8.76. The maximum atomic E-state index is 11.7. The Labute approximate surface area is 97.1 Å². The van der Waals surface area contributed by atoms with Crippen LogP contribution in [0.25, 0.3) is 0 Å². The average Bonchev–Trinajstić information content (AvgIpc) is 2.31. The van der Waals surface area contributed by atoms with Crippen molar-refractivity contribution in [2.45, 2.75) is 6.04 Å². The van der Waals surface area contributed by atoms with Crippen LogP contribution in [0.4, 0.5) is 0 Å². The molecule has 0 bridgehead atoms. The van der Waals surface area contributed by atoms with Gasteiger partial charge in [-0.1, -0.05) is 18.2 Å². The van der Waals surface area contributed by atoms with Gasteiger partial charge in [0.1, 0.15) is 19.6 Å². The summed E-state index contributed by atoms with van der Waals surface area (Å²) in [7, 11) is 1.50. The van der Waals surface area contributed by atoms with Gasteiger partial charge in [-0.25, -0.2) is 4.79 Å². The molecule has 2 aliphatic rings. The fourth-order valence-electron chi connectivity index (χ4n) is 1.92. The van der Waals surface area contributed by atoms with Crippen LogP contribution in [0.5, 0.6) is 0 Å². The third kappa shape index (κ3) is 1.77. The molecule has 1 aliphatic heterocycles. The lowest BCUT2D eigenvalue weighted by atomic mass is 10.0. The zero-order valence-electron chi connectivity index (χ0n) is 9.16. The maximum Gasteiger partial charge on any atom is 0.477 e. The molecule has 1 N–H and O–H groups in total. The highest BCUT2D eigenvalue weighted by atomic mass is 16.4. The van der Waals surface area contributed by atoms with Gasteiger partial charge in [0.05, 0.1) is 0 Å². The molecule has 0 aromatic heterocycles. The van der Waals surface area contributed by atoms with Gasteiger partial charge in [0.2, 0.25) is 5.71 Å². The van der Waals surface area contributed by atoms with Crippen LogP contribution < -0.4 is 0 Å². The molecule has 1 atom stereocenters. The molecule has 0 aromatic rings. The number of likely N-dealkylation sites (N-methyl/N-ethyl adjacent to an activating group) is 1. The fourth-order valence-corrected chi connectivity index (χ4v) is 1.92. The Hall–Kier alpha value is -2.24. The normalized spacial score (nSPS) is 23.1. The van der Waals surface area contributed by atoms with Gasteiger partial charge in [0.15, 0.2) is 0 Å². The SMILES string of the molecule is C[N+]1=C2C=CC=CC2N(CC(=O)O)C(=O)C1=O. The summed E-state index contributed by atoms with van der Waals surface area (Å²) in [6.07, 6.45) is 6.85. The van der Waals surface area contributed by atoms with Crippen LogP contribution in [0.3, 0.4) is 0 Å². The molecule has 0 fully saturated rings. The second kappa shape index (κ2) is 3.97. The lowest BCUT2D eigenvalue weighted by molar-refractivity contribution is -0.418. The van der Waals surface area contributed by atoms with Gasteiger partial charge < -0.3 is 10.0 Å². The van der Waals surface area contributed by atoms with Gasteiger partial charge in [0, 0.05) is 6.08 Å². The van der Waals surface area contributed by atoms with E-state index in [0.717, 1.165) is 4.90 Å². The van der Waals surface area contributed by atoms with Crippen LogP contribution in [0, 0.1) is 0 Å². The van der Waals surface area contributed by atoms with Crippen LogP contribution in [0.1, 0.15) is 0 Å². The van der Waals surface area contributed by atoms with E-state index in [4.69, 9.17) is 5.11 Å². The number of carbonyl (C=O) groups excluding carboxylic acids is 2. The Morgan fingerprint density at radius 1 is 1.47 bits per heavy atom. The molecule has 0 aromatic carbocycles. The van der Waals surface area contributed by atoms with Gasteiger partial charge in [0.25, 0.3) is 0 Å². The average molecular weight is 235 g/mol. The van der Waals surface area contributed by atoms with E-state index in [2.05, 4.69) is 0 Å². The van der Waals surface area contributed by atoms with E-state index in [0.29, 0.717) is 5.71 Å². The van der Waals surface area contributed by atoms with Crippen LogP contribution in [-0.4, -0.2) is 57.7 Å². The number of rotatable bonds is 2. The van der Waals surface area contributed by atoms with Crippen molar-refractivity contribution in [1.82, 2.24) is 4.90 Å². The van der Waals surface area contributed by atoms with Gasteiger partial charge in [-0.05, 0) is 0 Å². The molecule has 1 heterocycles. The summed E-state index contributed by atoms with van der Waals surface area (Å²) >= 11 is 0. The first-order valence-corrected chi connectivity index (χ1v) is 5.04. The lowest BCUT2D eigenvalue weighted by Crippen LogP contribution is -2.57. The third-order valence-corrected chi connectivity index (χ3v) is 2.75. The summed E-state index contributed by atoms with van der Waals surface area (Å²) in [5.74, 6) is -2.64. The Balaban J connectivity index is 2.46. The molecule has 2 rings (SSSR count). The molecule has 1 unspecified atom stereocenters. The number of carbonyl (C=O) groups is 3. The molecule has 1 aliphatic carbocycles. The third-order valence-electron chi connectivity index (χ3n) is 2.75. The standard InChI is InChI=1S/C11H10N2O4/c1-12-7-4-2-3-5-8(7)13(6-9(14)15)11(17)10(12)16/h2-5,8H,6H2,1H3/p+1. The molecule has 2 amide bonds. The minimum absolute atomic E-state index is 0.480. The lowest BCUT2D eigenvalue weighted by Gasteiger charge is -2.29. The molecule has 17 heavy (non-hydrogen) atoms. The van der Waals surface area contributed by atoms with Gasteiger partial charge in [-0.15, -0.1) is 0 Å². The summed E-state index contributed by atoms with van der Waals surface area (Å²) in [6, 6.07) is -0.480. The smallest absolute Gasteiger partial charge is 0.477 e. The van der Waals surface area contributed by atoms with E-state index in [1.54, 1.807) is 24.3 Å². The molecule has 0 radical (unpaired) electrons. The number of hydrogen-bond acceptors (Lipinski definition) is 3. The van der Waals surface area contributed by atoms with Crippen molar-refractivity contribution >= 4 is 23.5 Å². The topological polar surface area (TPSA) is 77.7 Å². The molecule has 0 saturated carbocycles. The minimum Gasteiger partial charge on any atom is -0.480 e. The first-order chi connectivity index (χ1) is 8.02. The van der Waals surface area contributed by atoms with Crippen LogP contribution in [0.2, 0.25) is 0 Å². The van der Waals surface area contributed by atoms with Crippen LogP contribution in [0.15, 0.2) is 24.3 Å². The number of fused-ring (bicyclic) bond motifs is 1.